The summed E-state index contributed by atoms with van der Waals surface area (Å²) < 4.78 is 70.2. The summed E-state index contributed by atoms with van der Waals surface area (Å²) >= 11 is 6.00. The van der Waals surface area contributed by atoms with Crippen molar-refractivity contribution in [2.45, 2.75) is 44.8 Å². The average molecular weight is 582 g/mol. The van der Waals surface area contributed by atoms with Crippen LogP contribution in [0.1, 0.15) is 53.1 Å². The van der Waals surface area contributed by atoms with Gasteiger partial charge in [-0.15, -0.1) is 0 Å². The Labute approximate surface area is 230 Å². The Hall–Kier alpha value is -3.74. The van der Waals surface area contributed by atoms with Crippen molar-refractivity contribution >= 4 is 45.7 Å². The number of rotatable bonds is 5. The van der Waals surface area contributed by atoms with Gasteiger partial charge < -0.3 is 15.5 Å². The quantitative estimate of drug-likeness (QED) is 0.221. The molecule has 5 rings (SSSR count). The highest BCUT2D eigenvalue weighted by atomic mass is 35.5. The van der Waals surface area contributed by atoms with Crippen LogP contribution in [0.3, 0.4) is 0 Å². The van der Waals surface area contributed by atoms with E-state index in [0.717, 1.165) is 11.8 Å². The second-order valence-electron chi connectivity index (χ2n) is 9.80. The zero-order valence-corrected chi connectivity index (χ0v) is 22.5. The van der Waals surface area contributed by atoms with E-state index in [-0.39, 0.29) is 35.5 Å². The second kappa shape index (κ2) is 10.0. The lowest BCUT2D eigenvalue weighted by Crippen LogP contribution is -2.40. The van der Waals surface area contributed by atoms with Gasteiger partial charge in [-0.3, -0.25) is 9.20 Å². The third kappa shape index (κ3) is 5.21. The molecule has 14 heteroatoms. The predicted octanol–water partition coefficient (Wildman–Crippen LogP) is 6.03. The van der Waals surface area contributed by atoms with Crippen molar-refractivity contribution in [1.82, 2.24) is 24.7 Å². The molecule has 4 heterocycles. The number of alkyl halides is 5. The van der Waals surface area contributed by atoms with Crippen LogP contribution >= 0.6 is 11.6 Å². The molecule has 0 saturated carbocycles. The number of carbonyl (C=O) groups is 1. The first-order valence-corrected chi connectivity index (χ1v) is 12.8. The predicted molar refractivity (Wildman–Crippen MR) is 141 cm³/mol. The zero-order valence-electron chi connectivity index (χ0n) is 21.7. The van der Waals surface area contributed by atoms with E-state index in [0.29, 0.717) is 22.2 Å². The van der Waals surface area contributed by atoms with E-state index in [2.05, 4.69) is 20.6 Å². The minimum Gasteiger partial charge on any atom is -0.377 e. The number of imidazole rings is 1. The number of aryl methyl sites for hydroxylation is 1. The van der Waals surface area contributed by atoms with Crippen LogP contribution in [0.25, 0.3) is 16.6 Å². The first-order chi connectivity index (χ1) is 18.8. The van der Waals surface area contributed by atoms with Gasteiger partial charge in [0.05, 0.1) is 17.2 Å². The Kier molecular flexibility index (Phi) is 6.97. The highest BCUT2D eigenvalue weighted by molar-refractivity contribution is 6.29. The molecule has 4 aromatic rings. The molecular weight excluding hydrogens is 557 g/mol. The van der Waals surface area contributed by atoms with Crippen LogP contribution in [0.15, 0.2) is 30.5 Å². The Bertz CT molecular complexity index is 1610. The first kappa shape index (κ1) is 27.8. The van der Waals surface area contributed by atoms with Gasteiger partial charge in [-0.2, -0.15) is 13.2 Å². The van der Waals surface area contributed by atoms with Crippen molar-refractivity contribution in [3.63, 3.8) is 0 Å². The number of fused-ring (bicyclic) bond motifs is 3. The number of nitrogens with zero attached hydrogens (tertiary/aromatic N) is 5. The van der Waals surface area contributed by atoms with Gasteiger partial charge in [-0.05, 0) is 37.6 Å². The number of halogens is 6. The van der Waals surface area contributed by atoms with E-state index >= 15 is 0 Å². The Morgan fingerprint density at radius 3 is 2.48 bits per heavy atom. The number of amides is 1. The number of pyridine rings is 1. The van der Waals surface area contributed by atoms with E-state index in [1.807, 2.05) is 6.07 Å². The minimum atomic E-state index is -4.72. The number of anilines is 2. The summed E-state index contributed by atoms with van der Waals surface area (Å²) in [6, 6.07) is 6.12. The first-order valence-electron chi connectivity index (χ1n) is 12.5. The lowest BCUT2D eigenvalue weighted by atomic mass is 10.0. The lowest BCUT2D eigenvalue weighted by Gasteiger charge is -2.33. The molecule has 1 unspecified atom stereocenters. The summed E-state index contributed by atoms with van der Waals surface area (Å²) in [5.74, 6) is -3.22. The molecule has 1 aliphatic heterocycles. The summed E-state index contributed by atoms with van der Waals surface area (Å²) in [5, 5.41) is 6.23. The van der Waals surface area contributed by atoms with Crippen LogP contribution in [-0.2, 0) is 6.18 Å². The van der Waals surface area contributed by atoms with Crippen molar-refractivity contribution in [3.05, 3.63) is 58.1 Å². The summed E-state index contributed by atoms with van der Waals surface area (Å²) in [4.78, 5) is 26.7. The van der Waals surface area contributed by atoms with Gasteiger partial charge in [0.15, 0.2) is 11.4 Å². The van der Waals surface area contributed by atoms with Crippen molar-refractivity contribution in [1.29, 1.82) is 0 Å². The Balaban J connectivity index is 1.68. The lowest BCUT2D eigenvalue weighted by molar-refractivity contribution is -0.140. The third-order valence-electron chi connectivity index (χ3n) is 6.87. The number of hydrogen-bond donors (Lipinski definition) is 2. The molecule has 1 aliphatic rings. The third-order valence-corrected chi connectivity index (χ3v) is 7.08. The zero-order chi connectivity index (χ0) is 29.0. The molecule has 1 atom stereocenters. The minimum absolute atomic E-state index is 0.0148. The van der Waals surface area contributed by atoms with Crippen LogP contribution in [0.5, 0.6) is 0 Å². The molecule has 0 bridgehead atoms. The SMILES string of the molecule is CNC(=O)c1nc(Cl)ccc1NC(C)c1cc(C)cc2c1nc(N1CCC(F)(F)CC1)n1cc(C(F)(F)F)nc21. The Morgan fingerprint density at radius 2 is 1.82 bits per heavy atom. The van der Waals surface area contributed by atoms with Gasteiger partial charge in [0.25, 0.3) is 11.8 Å². The molecule has 212 valence electrons. The highest BCUT2D eigenvalue weighted by Crippen LogP contribution is 2.37. The van der Waals surface area contributed by atoms with Crippen LogP contribution in [0.4, 0.5) is 33.6 Å². The van der Waals surface area contributed by atoms with Gasteiger partial charge in [-0.1, -0.05) is 17.7 Å². The van der Waals surface area contributed by atoms with Crippen LogP contribution in [0.2, 0.25) is 5.15 Å². The fraction of sp³-hybridized carbons (Fsp3) is 0.385. The monoisotopic (exact) mass is 581 g/mol. The van der Waals surface area contributed by atoms with Crippen molar-refractivity contribution in [2.24, 2.45) is 0 Å². The number of nitrogens with one attached hydrogen (secondary N) is 2. The normalized spacial score (nSPS) is 16.4. The summed E-state index contributed by atoms with van der Waals surface area (Å²) in [6.45, 7) is 3.43. The molecule has 2 N–H and O–H groups in total. The molecule has 1 saturated heterocycles. The average Bonchev–Trinajstić information content (AvgIpc) is 3.35. The molecule has 1 amide bonds. The van der Waals surface area contributed by atoms with Crippen molar-refractivity contribution < 1.29 is 26.7 Å². The fourth-order valence-electron chi connectivity index (χ4n) is 4.86. The largest absolute Gasteiger partial charge is 0.434 e. The number of benzene rings is 1. The molecule has 0 radical (unpaired) electrons. The van der Waals surface area contributed by atoms with Gasteiger partial charge in [0.2, 0.25) is 5.95 Å². The van der Waals surface area contributed by atoms with Gasteiger partial charge in [0.1, 0.15) is 10.8 Å². The van der Waals surface area contributed by atoms with Gasteiger partial charge in [-0.25, -0.2) is 23.7 Å². The fourth-order valence-corrected chi connectivity index (χ4v) is 5.00. The van der Waals surface area contributed by atoms with E-state index < -0.39 is 42.6 Å². The molecule has 8 nitrogen and oxygen atoms in total. The summed E-state index contributed by atoms with van der Waals surface area (Å²) in [6.07, 6.45) is -4.76. The molecule has 3 aromatic heterocycles. The number of carbonyl (C=O) groups excluding carboxylic acids is 1. The smallest absolute Gasteiger partial charge is 0.377 e. The van der Waals surface area contributed by atoms with Gasteiger partial charge in [0, 0.05) is 50.1 Å². The maximum atomic E-state index is 13.9. The van der Waals surface area contributed by atoms with E-state index in [9.17, 15) is 26.7 Å². The van der Waals surface area contributed by atoms with Crippen LogP contribution in [0, 0.1) is 6.92 Å². The summed E-state index contributed by atoms with van der Waals surface area (Å²) in [5.41, 5.74) is 1.05. The Morgan fingerprint density at radius 1 is 1.12 bits per heavy atom. The molecule has 40 heavy (non-hydrogen) atoms. The topological polar surface area (TPSA) is 87.4 Å². The van der Waals surface area contributed by atoms with Crippen LogP contribution < -0.4 is 15.5 Å². The molecule has 1 fully saturated rings. The molecule has 0 aliphatic carbocycles. The van der Waals surface area contributed by atoms with E-state index in [1.165, 1.54) is 17.5 Å². The molecule has 1 aromatic carbocycles. The van der Waals surface area contributed by atoms with E-state index in [4.69, 9.17) is 16.6 Å². The van der Waals surface area contributed by atoms with Crippen molar-refractivity contribution in [3.8, 4) is 0 Å². The number of hydrogen-bond acceptors (Lipinski definition) is 6. The molecule has 0 spiro atoms. The number of aromatic nitrogens is 4. The maximum Gasteiger partial charge on any atom is 0.434 e. The molecular formula is C26H25ClF5N7O. The van der Waals surface area contributed by atoms with Crippen molar-refractivity contribution in [2.75, 3.05) is 30.4 Å². The standard InChI is InChI=1S/C26H25ClF5N7O/c1-13-10-15(14(2)34-17-4-5-19(27)36-21(17)23(40)33-3)20-16(11-13)22-35-18(26(30,31)32)12-39(22)24(37-20)38-8-6-25(28,29)7-9-38/h4-5,10-12,14,34H,6-9H2,1-3H3,(H,33,40). The summed E-state index contributed by atoms with van der Waals surface area (Å²) in [7, 11) is 1.46. The highest BCUT2D eigenvalue weighted by Gasteiger charge is 2.38. The van der Waals surface area contributed by atoms with E-state index in [1.54, 1.807) is 30.9 Å². The number of piperidine rings is 1. The maximum absolute atomic E-state index is 13.9. The second-order valence-corrected chi connectivity index (χ2v) is 10.2. The van der Waals surface area contributed by atoms with Gasteiger partial charge >= 0.3 is 6.18 Å². The van der Waals surface area contributed by atoms with Crippen LogP contribution in [-0.4, -0.2) is 51.3 Å².